The lowest BCUT2D eigenvalue weighted by atomic mass is 10.1. The van der Waals surface area contributed by atoms with Gasteiger partial charge in [-0.25, -0.2) is 0 Å². The van der Waals surface area contributed by atoms with Crippen LogP contribution in [-0.2, 0) is 4.79 Å². The smallest absolute Gasteiger partial charge is 0.282 e. The molecule has 1 aliphatic heterocycles. The summed E-state index contributed by atoms with van der Waals surface area (Å²) in [6.45, 7) is 0.742. The third-order valence-electron chi connectivity index (χ3n) is 4.49. The first-order valence-electron chi connectivity index (χ1n) is 8.45. The van der Waals surface area contributed by atoms with Crippen LogP contribution in [0.4, 0.5) is 11.4 Å². The number of carbonyl (C=O) groups excluding carboxylic acids is 2. The first-order valence-corrected chi connectivity index (χ1v) is 8.45. The van der Waals surface area contributed by atoms with Gasteiger partial charge >= 0.3 is 0 Å². The number of amides is 2. The van der Waals surface area contributed by atoms with E-state index in [1.54, 1.807) is 30.2 Å². The third kappa shape index (κ3) is 4.05. The Morgan fingerprint density at radius 1 is 1.26 bits per heavy atom. The SMILES string of the molecule is COc1ccc(N2CC(CNC(=O)c3ccccc3[N+](=O)[O-])CC2=O)cc1. The van der Waals surface area contributed by atoms with Crippen LogP contribution in [0.2, 0.25) is 0 Å². The molecule has 2 aromatic rings. The summed E-state index contributed by atoms with van der Waals surface area (Å²) >= 11 is 0. The molecule has 8 heteroatoms. The first-order chi connectivity index (χ1) is 13.0. The molecule has 2 aromatic carbocycles. The van der Waals surface area contributed by atoms with Crippen LogP contribution in [0.1, 0.15) is 16.8 Å². The van der Waals surface area contributed by atoms with Crippen molar-refractivity contribution in [1.82, 2.24) is 5.32 Å². The lowest BCUT2D eigenvalue weighted by Gasteiger charge is -2.17. The number of nitrogens with one attached hydrogen (secondary N) is 1. The monoisotopic (exact) mass is 369 g/mol. The lowest BCUT2D eigenvalue weighted by Crippen LogP contribution is -2.31. The van der Waals surface area contributed by atoms with Gasteiger partial charge in [0.1, 0.15) is 11.3 Å². The molecule has 140 valence electrons. The van der Waals surface area contributed by atoms with E-state index < -0.39 is 10.8 Å². The predicted octanol–water partition coefficient (Wildman–Crippen LogP) is 2.39. The molecule has 1 fully saturated rings. The Kier molecular flexibility index (Phi) is 5.35. The van der Waals surface area contributed by atoms with Gasteiger partial charge in [0, 0.05) is 37.2 Å². The molecule has 1 unspecified atom stereocenters. The molecule has 0 aromatic heterocycles. The van der Waals surface area contributed by atoms with Crippen LogP contribution >= 0.6 is 0 Å². The summed E-state index contributed by atoms with van der Waals surface area (Å²) in [6.07, 6.45) is 0.309. The largest absolute Gasteiger partial charge is 0.497 e. The highest BCUT2D eigenvalue weighted by molar-refractivity contribution is 5.98. The number of anilines is 1. The molecule has 0 spiro atoms. The molecular weight excluding hydrogens is 350 g/mol. The summed E-state index contributed by atoms with van der Waals surface area (Å²) in [5, 5.41) is 13.7. The van der Waals surface area contributed by atoms with Crippen molar-refractivity contribution in [2.75, 3.05) is 25.1 Å². The van der Waals surface area contributed by atoms with Crippen LogP contribution in [0.25, 0.3) is 0 Å². The van der Waals surface area contributed by atoms with Gasteiger partial charge in [0.25, 0.3) is 11.6 Å². The molecule has 0 radical (unpaired) electrons. The van der Waals surface area contributed by atoms with Gasteiger partial charge in [-0.05, 0) is 30.3 Å². The van der Waals surface area contributed by atoms with Crippen molar-refractivity contribution in [3.8, 4) is 5.75 Å². The van der Waals surface area contributed by atoms with E-state index in [0.717, 1.165) is 5.69 Å². The normalized spacial score (nSPS) is 16.3. The summed E-state index contributed by atoms with van der Waals surface area (Å²) in [6, 6.07) is 13.0. The molecule has 0 bridgehead atoms. The minimum Gasteiger partial charge on any atom is -0.497 e. The van der Waals surface area contributed by atoms with Gasteiger partial charge in [-0.15, -0.1) is 0 Å². The topological polar surface area (TPSA) is 102 Å². The van der Waals surface area contributed by atoms with Crippen molar-refractivity contribution in [2.24, 2.45) is 5.92 Å². The second-order valence-electron chi connectivity index (χ2n) is 6.26. The van der Waals surface area contributed by atoms with E-state index in [9.17, 15) is 19.7 Å². The van der Waals surface area contributed by atoms with E-state index in [2.05, 4.69) is 5.32 Å². The van der Waals surface area contributed by atoms with E-state index in [1.807, 2.05) is 12.1 Å². The number of hydrogen-bond acceptors (Lipinski definition) is 5. The van der Waals surface area contributed by atoms with Gasteiger partial charge in [-0.2, -0.15) is 0 Å². The molecule has 27 heavy (non-hydrogen) atoms. The van der Waals surface area contributed by atoms with Crippen molar-refractivity contribution < 1.29 is 19.2 Å². The van der Waals surface area contributed by atoms with Gasteiger partial charge in [0.15, 0.2) is 0 Å². The molecular formula is C19H19N3O5. The number of ether oxygens (including phenoxy) is 1. The quantitative estimate of drug-likeness (QED) is 0.622. The van der Waals surface area contributed by atoms with E-state index >= 15 is 0 Å². The zero-order chi connectivity index (χ0) is 19.4. The molecule has 1 N–H and O–H groups in total. The van der Waals surface area contributed by atoms with E-state index in [-0.39, 0.29) is 29.6 Å². The Balaban J connectivity index is 1.62. The Hall–Kier alpha value is -3.42. The summed E-state index contributed by atoms with van der Waals surface area (Å²) in [4.78, 5) is 36.7. The van der Waals surface area contributed by atoms with Crippen molar-refractivity contribution in [1.29, 1.82) is 0 Å². The van der Waals surface area contributed by atoms with Crippen molar-refractivity contribution in [3.05, 3.63) is 64.2 Å². The second-order valence-corrected chi connectivity index (χ2v) is 6.26. The second kappa shape index (κ2) is 7.86. The van der Waals surface area contributed by atoms with Gasteiger partial charge < -0.3 is 15.0 Å². The van der Waals surface area contributed by atoms with E-state index in [1.165, 1.54) is 18.2 Å². The van der Waals surface area contributed by atoms with Crippen LogP contribution < -0.4 is 15.0 Å². The fraction of sp³-hybridized carbons (Fsp3) is 0.263. The Morgan fingerprint density at radius 2 is 1.96 bits per heavy atom. The van der Waals surface area contributed by atoms with Crippen LogP contribution in [-0.4, -0.2) is 36.9 Å². The predicted molar refractivity (Wildman–Crippen MR) is 98.9 cm³/mol. The van der Waals surface area contributed by atoms with Crippen LogP contribution in [0.15, 0.2) is 48.5 Å². The molecule has 0 saturated carbocycles. The number of nitro groups is 1. The Morgan fingerprint density at radius 3 is 2.63 bits per heavy atom. The maximum Gasteiger partial charge on any atom is 0.282 e. The number of nitrogens with zero attached hydrogens (tertiary/aromatic N) is 2. The number of hydrogen-bond donors (Lipinski definition) is 1. The average Bonchev–Trinajstić information content (AvgIpc) is 3.06. The highest BCUT2D eigenvalue weighted by Gasteiger charge is 2.31. The van der Waals surface area contributed by atoms with E-state index in [0.29, 0.717) is 18.7 Å². The van der Waals surface area contributed by atoms with Gasteiger partial charge in [-0.1, -0.05) is 12.1 Å². The minimum absolute atomic E-state index is 0.0128. The minimum atomic E-state index is -0.584. The molecule has 1 saturated heterocycles. The number of carbonyl (C=O) groups is 2. The third-order valence-corrected chi connectivity index (χ3v) is 4.49. The number of para-hydroxylation sites is 1. The van der Waals surface area contributed by atoms with Gasteiger partial charge in [0.2, 0.25) is 5.91 Å². The number of benzene rings is 2. The van der Waals surface area contributed by atoms with E-state index in [4.69, 9.17) is 4.74 Å². The number of nitro benzene ring substituents is 1. The van der Waals surface area contributed by atoms with Gasteiger partial charge in [-0.3, -0.25) is 19.7 Å². The lowest BCUT2D eigenvalue weighted by molar-refractivity contribution is -0.385. The molecule has 3 rings (SSSR count). The molecule has 1 aliphatic rings. The zero-order valence-electron chi connectivity index (χ0n) is 14.8. The Labute approximate surface area is 155 Å². The fourth-order valence-corrected chi connectivity index (χ4v) is 3.09. The van der Waals surface area contributed by atoms with Crippen LogP contribution in [0.5, 0.6) is 5.75 Å². The highest BCUT2D eigenvalue weighted by Crippen LogP contribution is 2.26. The summed E-state index contributed by atoms with van der Waals surface area (Å²) in [5.41, 5.74) is 0.546. The molecule has 0 aliphatic carbocycles. The van der Waals surface area contributed by atoms with Crippen molar-refractivity contribution in [2.45, 2.75) is 6.42 Å². The zero-order valence-corrected chi connectivity index (χ0v) is 14.8. The van der Waals surface area contributed by atoms with Gasteiger partial charge in [0.05, 0.1) is 12.0 Å². The molecule has 2 amide bonds. The molecule has 8 nitrogen and oxygen atoms in total. The number of rotatable bonds is 6. The first kappa shape index (κ1) is 18.4. The van der Waals surface area contributed by atoms with Crippen LogP contribution in [0.3, 0.4) is 0 Å². The fourth-order valence-electron chi connectivity index (χ4n) is 3.09. The average molecular weight is 369 g/mol. The highest BCUT2D eigenvalue weighted by atomic mass is 16.6. The summed E-state index contributed by atoms with van der Waals surface area (Å²) in [7, 11) is 1.58. The summed E-state index contributed by atoms with van der Waals surface area (Å²) in [5.74, 6) is 0.104. The van der Waals surface area contributed by atoms with Crippen molar-refractivity contribution in [3.63, 3.8) is 0 Å². The maximum atomic E-state index is 12.3. The molecule has 1 heterocycles. The Bertz CT molecular complexity index is 866. The standard InChI is InChI=1S/C19H19N3O5/c1-27-15-8-6-14(7-9-15)21-12-13(10-18(21)23)11-20-19(24)16-4-2-3-5-17(16)22(25)26/h2-9,13H,10-12H2,1H3,(H,20,24). The maximum absolute atomic E-state index is 12.3. The van der Waals surface area contributed by atoms with Crippen LogP contribution in [0, 0.1) is 16.0 Å². The summed E-state index contributed by atoms with van der Waals surface area (Å²) < 4.78 is 5.11. The number of methoxy groups -OCH3 is 1. The van der Waals surface area contributed by atoms with Crippen molar-refractivity contribution >= 4 is 23.2 Å². The molecule has 1 atom stereocenters.